The number of thiophene rings is 1. The van der Waals surface area contributed by atoms with Crippen LogP contribution in [-0.4, -0.2) is 5.11 Å². The van der Waals surface area contributed by atoms with Gasteiger partial charge in [-0.3, -0.25) is 0 Å². The summed E-state index contributed by atoms with van der Waals surface area (Å²) in [7, 11) is 0. The number of aliphatic hydroxyl groups excluding tert-OH is 1. The van der Waals surface area contributed by atoms with E-state index in [1.54, 1.807) is 11.3 Å². The van der Waals surface area contributed by atoms with Crippen molar-refractivity contribution in [2.24, 2.45) is 0 Å². The molecule has 0 aliphatic rings. The molecule has 1 atom stereocenters. The van der Waals surface area contributed by atoms with E-state index in [2.05, 4.69) is 15.9 Å². The van der Waals surface area contributed by atoms with Crippen LogP contribution in [0.15, 0.2) is 40.2 Å². The molecule has 3 heteroatoms. The van der Waals surface area contributed by atoms with Crippen LogP contribution in [0.2, 0.25) is 0 Å². The second-order valence-electron chi connectivity index (χ2n) is 3.43. The third-order valence-corrected chi connectivity index (χ3v) is 4.09. The van der Waals surface area contributed by atoms with Gasteiger partial charge in [-0.1, -0.05) is 24.3 Å². The van der Waals surface area contributed by atoms with Crippen LogP contribution in [0.3, 0.4) is 0 Å². The summed E-state index contributed by atoms with van der Waals surface area (Å²) in [6.45, 7) is 2.02. The lowest BCUT2D eigenvalue weighted by atomic mass is 10.0. The summed E-state index contributed by atoms with van der Waals surface area (Å²) in [5, 5.41) is 12.2. The molecule has 1 heterocycles. The summed E-state index contributed by atoms with van der Waals surface area (Å²) >= 11 is 4.96. The molecule has 0 saturated carbocycles. The van der Waals surface area contributed by atoms with Gasteiger partial charge < -0.3 is 5.11 Å². The van der Waals surface area contributed by atoms with E-state index in [4.69, 9.17) is 0 Å². The Morgan fingerprint density at radius 1 is 1.33 bits per heavy atom. The van der Waals surface area contributed by atoms with E-state index in [0.717, 1.165) is 20.5 Å². The van der Waals surface area contributed by atoms with Gasteiger partial charge in [-0.15, -0.1) is 11.3 Å². The maximum absolute atomic E-state index is 10.2. The highest BCUT2D eigenvalue weighted by atomic mass is 79.9. The molecule has 0 saturated heterocycles. The van der Waals surface area contributed by atoms with Crippen LogP contribution in [0.25, 0.3) is 0 Å². The highest BCUT2D eigenvalue weighted by molar-refractivity contribution is 9.10. The van der Waals surface area contributed by atoms with Gasteiger partial charge in [0, 0.05) is 14.7 Å². The molecule has 0 fully saturated rings. The van der Waals surface area contributed by atoms with Crippen LogP contribution in [0.4, 0.5) is 0 Å². The third kappa shape index (κ3) is 2.30. The Balaban J connectivity index is 2.36. The van der Waals surface area contributed by atoms with Crippen LogP contribution in [0.1, 0.15) is 22.1 Å². The van der Waals surface area contributed by atoms with Crippen molar-refractivity contribution < 1.29 is 5.11 Å². The normalized spacial score (nSPS) is 12.7. The predicted molar refractivity (Wildman–Crippen MR) is 67.3 cm³/mol. The van der Waals surface area contributed by atoms with Gasteiger partial charge in [-0.05, 0) is 40.0 Å². The average molecular weight is 283 g/mol. The summed E-state index contributed by atoms with van der Waals surface area (Å²) in [5.74, 6) is 0. The molecule has 0 aliphatic carbocycles. The molecule has 1 aromatic heterocycles. The SMILES string of the molecule is Cc1ccccc1C(O)c1cc(Br)cs1. The van der Waals surface area contributed by atoms with Crippen molar-refractivity contribution in [2.75, 3.05) is 0 Å². The van der Waals surface area contributed by atoms with Gasteiger partial charge in [0.25, 0.3) is 0 Å². The lowest BCUT2D eigenvalue weighted by Gasteiger charge is -2.11. The van der Waals surface area contributed by atoms with Crippen molar-refractivity contribution in [3.8, 4) is 0 Å². The zero-order valence-electron chi connectivity index (χ0n) is 8.27. The van der Waals surface area contributed by atoms with Gasteiger partial charge in [-0.2, -0.15) is 0 Å². The minimum absolute atomic E-state index is 0.512. The van der Waals surface area contributed by atoms with Crippen molar-refractivity contribution in [1.29, 1.82) is 0 Å². The number of aryl methyl sites for hydroxylation is 1. The van der Waals surface area contributed by atoms with Crippen molar-refractivity contribution in [2.45, 2.75) is 13.0 Å². The maximum atomic E-state index is 10.2. The molecule has 0 spiro atoms. The molecule has 0 bridgehead atoms. The number of rotatable bonds is 2. The Morgan fingerprint density at radius 3 is 2.67 bits per heavy atom. The van der Waals surface area contributed by atoms with E-state index in [1.807, 2.05) is 42.6 Å². The zero-order chi connectivity index (χ0) is 10.8. The van der Waals surface area contributed by atoms with Gasteiger partial charge in [0.2, 0.25) is 0 Å². The second-order valence-corrected chi connectivity index (χ2v) is 5.28. The molecule has 2 rings (SSSR count). The van der Waals surface area contributed by atoms with Crippen molar-refractivity contribution in [3.63, 3.8) is 0 Å². The lowest BCUT2D eigenvalue weighted by molar-refractivity contribution is 0.223. The molecule has 1 aromatic carbocycles. The summed E-state index contributed by atoms with van der Waals surface area (Å²) in [6.07, 6.45) is -0.512. The predicted octanol–water partition coefficient (Wildman–Crippen LogP) is 3.90. The van der Waals surface area contributed by atoms with Crippen LogP contribution in [0.5, 0.6) is 0 Å². The minimum Gasteiger partial charge on any atom is -0.383 e. The van der Waals surface area contributed by atoms with E-state index in [9.17, 15) is 5.11 Å². The third-order valence-electron chi connectivity index (χ3n) is 2.34. The van der Waals surface area contributed by atoms with Crippen LogP contribution in [0, 0.1) is 6.92 Å². The standard InChI is InChI=1S/C12H11BrOS/c1-8-4-2-3-5-10(8)12(14)11-6-9(13)7-15-11/h2-7,12,14H,1H3. The Kier molecular flexibility index (Phi) is 3.24. The first-order valence-electron chi connectivity index (χ1n) is 4.66. The number of hydrogen-bond donors (Lipinski definition) is 1. The topological polar surface area (TPSA) is 20.2 Å². The molecule has 15 heavy (non-hydrogen) atoms. The fraction of sp³-hybridized carbons (Fsp3) is 0.167. The molecule has 0 radical (unpaired) electrons. The highest BCUT2D eigenvalue weighted by Crippen LogP contribution is 2.31. The Bertz CT molecular complexity index is 464. The Labute approximate surface area is 102 Å². The van der Waals surface area contributed by atoms with Gasteiger partial charge in [0.05, 0.1) is 0 Å². The van der Waals surface area contributed by atoms with Crippen LogP contribution >= 0.6 is 27.3 Å². The van der Waals surface area contributed by atoms with Gasteiger partial charge in [0.1, 0.15) is 6.10 Å². The largest absolute Gasteiger partial charge is 0.383 e. The Morgan fingerprint density at radius 2 is 2.07 bits per heavy atom. The zero-order valence-corrected chi connectivity index (χ0v) is 10.7. The van der Waals surface area contributed by atoms with E-state index >= 15 is 0 Å². The van der Waals surface area contributed by atoms with Crippen molar-refractivity contribution in [1.82, 2.24) is 0 Å². The highest BCUT2D eigenvalue weighted by Gasteiger charge is 2.13. The molecule has 0 amide bonds. The van der Waals surface area contributed by atoms with E-state index < -0.39 is 6.10 Å². The average Bonchev–Trinajstić information content (AvgIpc) is 2.65. The summed E-state index contributed by atoms with van der Waals surface area (Å²) in [6, 6.07) is 9.88. The molecule has 1 unspecified atom stereocenters. The second kappa shape index (κ2) is 4.47. The fourth-order valence-corrected chi connectivity index (χ4v) is 2.96. The molecular formula is C12H11BrOS. The first-order valence-corrected chi connectivity index (χ1v) is 6.33. The summed E-state index contributed by atoms with van der Waals surface area (Å²) < 4.78 is 1.02. The quantitative estimate of drug-likeness (QED) is 0.886. The van der Waals surface area contributed by atoms with Gasteiger partial charge >= 0.3 is 0 Å². The molecular weight excluding hydrogens is 272 g/mol. The maximum Gasteiger partial charge on any atom is 0.113 e. The number of hydrogen-bond acceptors (Lipinski definition) is 2. The van der Waals surface area contributed by atoms with Gasteiger partial charge in [0.15, 0.2) is 0 Å². The first-order chi connectivity index (χ1) is 7.18. The lowest BCUT2D eigenvalue weighted by Crippen LogP contribution is -1.99. The minimum atomic E-state index is -0.512. The van der Waals surface area contributed by atoms with E-state index in [0.29, 0.717) is 0 Å². The molecule has 2 aromatic rings. The number of aliphatic hydroxyl groups is 1. The van der Waals surface area contributed by atoms with Crippen molar-refractivity contribution >= 4 is 27.3 Å². The van der Waals surface area contributed by atoms with Crippen LogP contribution < -0.4 is 0 Å². The molecule has 0 aliphatic heterocycles. The number of halogens is 1. The summed E-state index contributed by atoms with van der Waals surface area (Å²) in [5.41, 5.74) is 2.10. The van der Waals surface area contributed by atoms with Crippen LogP contribution in [-0.2, 0) is 0 Å². The first kappa shape index (κ1) is 10.9. The number of benzene rings is 1. The molecule has 78 valence electrons. The fourth-order valence-electron chi connectivity index (χ4n) is 1.52. The van der Waals surface area contributed by atoms with E-state index in [-0.39, 0.29) is 0 Å². The van der Waals surface area contributed by atoms with E-state index in [1.165, 1.54) is 0 Å². The van der Waals surface area contributed by atoms with Crippen molar-refractivity contribution in [3.05, 3.63) is 56.2 Å². The monoisotopic (exact) mass is 282 g/mol. The summed E-state index contributed by atoms with van der Waals surface area (Å²) in [4.78, 5) is 0.969. The smallest absolute Gasteiger partial charge is 0.113 e. The Hall–Kier alpha value is -0.640. The van der Waals surface area contributed by atoms with Gasteiger partial charge in [-0.25, -0.2) is 0 Å². The molecule has 1 nitrogen and oxygen atoms in total. The molecule has 1 N–H and O–H groups in total.